The van der Waals surface area contributed by atoms with Gasteiger partial charge in [-0.05, 0) is 70.6 Å². The molecule has 0 aliphatic heterocycles. The zero-order chi connectivity index (χ0) is 47.8. The van der Waals surface area contributed by atoms with Crippen LogP contribution in [0.3, 0.4) is 0 Å². The molecule has 0 bridgehead atoms. The molecule has 0 heterocycles. The van der Waals surface area contributed by atoms with Crippen molar-refractivity contribution in [3.8, 4) is 0 Å². The highest BCUT2D eigenvalue weighted by atomic mass is 31.2. The molecule has 0 spiro atoms. The van der Waals surface area contributed by atoms with E-state index in [4.69, 9.17) is 9.05 Å². The van der Waals surface area contributed by atoms with Gasteiger partial charge >= 0.3 is 0 Å². The van der Waals surface area contributed by atoms with Crippen molar-refractivity contribution >= 4 is 13.7 Å². The highest BCUT2D eigenvalue weighted by Crippen LogP contribution is 2.38. The normalized spacial score (nSPS) is 14.4. The van der Waals surface area contributed by atoms with E-state index in [0.717, 1.165) is 64.2 Å². The van der Waals surface area contributed by atoms with E-state index in [-0.39, 0.29) is 12.5 Å². The maximum atomic E-state index is 12.9. The van der Waals surface area contributed by atoms with Crippen LogP contribution in [0.2, 0.25) is 0 Å². The Bertz CT molecular complexity index is 1200. The van der Waals surface area contributed by atoms with E-state index in [1.54, 1.807) is 6.08 Å². The summed E-state index contributed by atoms with van der Waals surface area (Å²) in [5.74, 6) is -0.219. The number of aliphatic hydroxyl groups is 1. The second-order valence-corrected chi connectivity index (χ2v) is 21.3. The van der Waals surface area contributed by atoms with Gasteiger partial charge < -0.3 is 28.8 Å². The summed E-state index contributed by atoms with van der Waals surface area (Å²) >= 11 is 0. The lowest BCUT2D eigenvalue weighted by atomic mass is 10.0. The summed E-state index contributed by atoms with van der Waals surface area (Å²) in [7, 11) is 1.23. The summed E-state index contributed by atoms with van der Waals surface area (Å²) in [5, 5.41) is 13.8. The molecule has 0 aromatic heterocycles. The van der Waals surface area contributed by atoms with Crippen molar-refractivity contribution < 1.29 is 32.9 Å². The Balaban J connectivity index is 4.30. The molecule has 0 aliphatic carbocycles. The van der Waals surface area contributed by atoms with Gasteiger partial charge in [0, 0.05) is 6.42 Å². The minimum absolute atomic E-state index is 0.0112. The molecule has 3 atom stereocenters. The molecule has 3 unspecified atom stereocenters. The van der Waals surface area contributed by atoms with Crippen LogP contribution in [0.4, 0.5) is 0 Å². The quantitative estimate of drug-likeness (QED) is 0.0272. The second kappa shape index (κ2) is 47.5. The molecule has 8 nitrogen and oxygen atoms in total. The van der Waals surface area contributed by atoms with E-state index >= 15 is 0 Å². The number of rotatable bonds is 50. The Morgan fingerprint density at radius 2 is 0.862 bits per heavy atom. The molecule has 382 valence electrons. The van der Waals surface area contributed by atoms with Crippen molar-refractivity contribution in [2.45, 2.75) is 264 Å². The summed E-state index contributed by atoms with van der Waals surface area (Å²) in [6, 6.07) is -0.915. The average Bonchev–Trinajstić information content (AvgIpc) is 3.26. The Kier molecular flexibility index (Phi) is 46.4. The third-order valence-corrected chi connectivity index (χ3v) is 13.2. The van der Waals surface area contributed by atoms with Crippen molar-refractivity contribution in [1.29, 1.82) is 0 Å². The van der Waals surface area contributed by atoms with E-state index in [1.807, 2.05) is 27.2 Å². The smallest absolute Gasteiger partial charge is 0.268 e. The van der Waals surface area contributed by atoms with Crippen molar-refractivity contribution in [2.75, 3.05) is 40.9 Å². The van der Waals surface area contributed by atoms with Crippen LogP contribution in [0, 0.1) is 0 Å². The van der Waals surface area contributed by atoms with E-state index in [2.05, 4.69) is 55.6 Å². The van der Waals surface area contributed by atoms with E-state index < -0.39 is 26.6 Å². The first-order chi connectivity index (χ1) is 31.5. The van der Waals surface area contributed by atoms with Crippen LogP contribution in [-0.4, -0.2) is 68.5 Å². The number of hydrogen-bond acceptors (Lipinski definition) is 6. The zero-order valence-electron chi connectivity index (χ0n) is 43.4. The lowest BCUT2D eigenvalue weighted by Gasteiger charge is -2.29. The van der Waals surface area contributed by atoms with Gasteiger partial charge in [0.1, 0.15) is 13.2 Å². The SMILES string of the molecule is CCCCCCCCC/C=C\CCCCCCCC(=O)NC(COP(=O)([O-])OCC[N+](C)(C)C)C(O)/C=C/CC/C=C/CC/C=C/CCCCCCCCCCCCCCCCCCC. The largest absolute Gasteiger partial charge is 0.756 e. The van der Waals surface area contributed by atoms with Crippen molar-refractivity contribution in [3.63, 3.8) is 0 Å². The van der Waals surface area contributed by atoms with Gasteiger partial charge in [-0.2, -0.15) is 0 Å². The summed E-state index contributed by atoms with van der Waals surface area (Å²) in [4.78, 5) is 25.4. The number of nitrogens with one attached hydrogen (secondary N) is 1. The fraction of sp³-hybridized carbons (Fsp3) is 0.839. The van der Waals surface area contributed by atoms with Crippen LogP contribution in [0.5, 0.6) is 0 Å². The van der Waals surface area contributed by atoms with Gasteiger partial charge in [-0.3, -0.25) is 9.36 Å². The lowest BCUT2D eigenvalue weighted by Crippen LogP contribution is -2.45. The maximum Gasteiger partial charge on any atom is 0.268 e. The molecule has 9 heteroatoms. The van der Waals surface area contributed by atoms with Crippen LogP contribution < -0.4 is 10.2 Å². The molecular formula is C56H107N2O6P. The molecule has 0 radical (unpaired) electrons. The van der Waals surface area contributed by atoms with Gasteiger partial charge in [0.2, 0.25) is 5.91 Å². The number of quaternary nitrogens is 1. The minimum Gasteiger partial charge on any atom is -0.756 e. The molecule has 0 aromatic rings. The Morgan fingerprint density at radius 1 is 0.523 bits per heavy atom. The van der Waals surface area contributed by atoms with Gasteiger partial charge in [0.25, 0.3) is 7.82 Å². The number of phosphoric acid groups is 1. The van der Waals surface area contributed by atoms with Crippen LogP contribution in [0.25, 0.3) is 0 Å². The van der Waals surface area contributed by atoms with Gasteiger partial charge in [-0.15, -0.1) is 0 Å². The number of amides is 1. The first kappa shape index (κ1) is 63.5. The Labute approximate surface area is 403 Å². The molecule has 0 fully saturated rings. The standard InChI is InChI=1S/C56H107N2O6P/c1-6-8-10-12-14-16-18-20-22-24-25-26-27-28-29-30-31-32-33-34-35-37-39-41-43-45-47-49-55(59)54(53-64-65(61,62)63-52-51-58(3,4)5)57-56(60)50-48-46-44-42-40-38-36-23-21-19-17-15-13-11-9-7-2/h23,33-34,36,39,41,47,49,54-55,59H,6-22,24-32,35,37-38,40,42-46,48,50-53H2,1-5H3,(H-,57,60,61,62)/b34-33+,36-23-,41-39+,49-47+. The number of phosphoric ester groups is 1. The van der Waals surface area contributed by atoms with E-state index in [9.17, 15) is 19.4 Å². The lowest BCUT2D eigenvalue weighted by molar-refractivity contribution is -0.870. The molecule has 0 aromatic carbocycles. The Hall–Kier alpha value is -1.54. The number of carbonyl (C=O) groups is 1. The molecule has 1 amide bonds. The van der Waals surface area contributed by atoms with Crippen molar-refractivity contribution in [1.82, 2.24) is 5.32 Å². The number of likely N-dealkylation sites (N-methyl/N-ethyl adjacent to an activating group) is 1. The van der Waals surface area contributed by atoms with Crippen LogP contribution >= 0.6 is 7.82 Å². The van der Waals surface area contributed by atoms with E-state index in [0.29, 0.717) is 17.4 Å². The molecule has 0 saturated heterocycles. The summed E-state index contributed by atoms with van der Waals surface area (Å²) in [6.45, 7) is 4.63. The zero-order valence-corrected chi connectivity index (χ0v) is 44.3. The Morgan fingerprint density at radius 3 is 1.25 bits per heavy atom. The first-order valence-corrected chi connectivity index (χ1v) is 29.0. The van der Waals surface area contributed by atoms with E-state index in [1.165, 1.54) is 167 Å². The maximum absolute atomic E-state index is 12.9. The number of allylic oxidation sites excluding steroid dienone is 7. The molecule has 0 aliphatic rings. The number of unbranched alkanes of at least 4 members (excludes halogenated alkanes) is 31. The molecule has 2 N–H and O–H groups in total. The third-order valence-electron chi connectivity index (χ3n) is 12.2. The van der Waals surface area contributed by atoms with Crippen LogP contribution in [0.1, 0.15) is 251 Å². The predicted octanol–water partition coefficient (Wildman–Crippen LogP) is 15.7. The summed E-state index contributed by atoms with van der Waals surface area (Å²) < 4.78 is 23.3. The predicted molar refractivity (Wildman–Crippen MR) is 279 cm³/mol. The average molecular weight is 935 g/mol. The second-order valence-electron chi connectivity index (χ2n) is 19.9. The fourth-order valence-corrected chi connectivity index (χ4v) is 8.61. The van der Waals surface area contributed by atoms with Gasteiger partial charge in [0.05, 0.1) is 39.9 Å². The molecular weight excluding hydrogens is 828 g/mol. The number of carbonyl (C=O) groups excluding carboxylic acids is 1. The fourth-order valence-electron chi connectivity index (χ4n) is 7.89. The minimum atomic E-state index is -4.61. The van der Waals surface area contributed by atoms with Gasteiger partial charge in [-0.1, -0.05) is 223 Å². The summed E-state index contributed by atoms with van der Waals surface area (Å²) in [5.41, 5.74) is 0. The third kappa shape index (κ3) is 50.2. The topological polar surface area (TPSA) is 108 Å². The van der Waals surface area contributed by atoms with Crippen molar-refractivity contribution in [3.05, 3.63) is 48.6 Å². The number of hydrogen-bond donors (Lipinski definition) is 2. The van der Waals surface area contributed by atoms with Crippen LogP contribution in [-0.2, 0) is 18.4 Å². The molecule has 0 saturated carbocycles. The van der Waals surface area contributed by atoms with Gasteiger partial charge in [0.15, 0.2) is 0 Å². The highest BCUT2D eigenvalue weighted by Gasteiger charge is 2.23. The van der Waals surface area contributed by atoms with Gasteiger partial charge in [-0.25, -0.2) is 0 Å². The van der Waals surface area contributed by atoms with Crippen LogP contribution in [0.15, 0.2) is 48.6 Å². The first-order valence-electron chi connectivity index (χ1n) is 27.5. The molecule has 0 rings (SSSR count). The van der Waals surface area contributed by atoms with Crippen molar-refractivity contribution in [2.24, 2.45) is 0 Å². The highest BCUT2D eigenvalue weighted by molar-refractivity contribution is 7.45. The number of nitrogens with zero attached hydrogens (tertiary/aromatic N) is 1. The monoisotopic (exact) mass is 935 g/mol. The summed E-state index contributed by atoms with van der Waals surface area (Å²) in [6.07, 6.45) is 61.9. The molecule has 65 heavy (non-hydrogen) atoms. The number of aliphatic hydroxyl groups excluding tert-OH is 1.